The third-order valence-electron chi connectivity index (χ3n) is 5.66. The summed E-state index contributed by atoms with van der Waals surface area (Å²) < 4.78 is 2.13. The average molecular weight is 360 g/mol. The van der Waals surface area contributed by atoms with Gasteiger partial charge in [0.1, 0.15) is 5.69 Å². The van der Waals surface area contributed by atoms with Crippen molar-refractivity contribution >= 4 is 5.57 Å². The molecule has 1 N–H and O–H groups in total. The smallest absolute Gasteiger partial charge is 0.111 e. The van der Waals surface area contributed by atoms with Crippen LogP contribution in [0.1, 0.15) is 41.6 Å². The van der Waals surface area contributed by atoms with Crippen LogP contribution in [0.4, 0.5) is 0 Å². The van der Waals surface area contributed by atoms with Crippen molar-refractivity contribution in [2.75, 3.05) is 6.54 Å². The Morgan fingerprint density at radius 1 is 1.22 bits per heavy atom. The van der Waals surface area contributed by atoms with Gasteiger partial charge >= 0.3 is 0 Å². The fraction of sp³-hybridized carbons (Fsp3) is 0.381. The minimum absolute atomic E-state index is 0.875. The SMILES string of the molecule is CC1=CCCc2[nH]nc(CN3CCn4nc(-c5ncccc5C)cc4C3)c21. The zero-order valence-corrected chi connectivity index (χ0v) is 15.9. The molecule has 0 fully saturated rings. The van der Waals surface area contributed by atoms with Crippen LogP contribution in [-0.4, -0.2) is 36.4 Å². The fourth-order valence-electron chi connectivity index (χ4n) is 4.25. The van der Waals surface area contributed by atoms with Crippen LogP contribution in [0, 0.1) is 6.92 Å². The van der Waals surface area contributed by atoms with Crippen LogP contribution in [-0.2, 0) is 26.1 Å². The number of aryl methyl sites for hydroxylation is 2. The van der Waals surface area contributed by atoms with Crippen molar-refractivity contribution in [3.63, 3.8) is 0 Å². The van der Waals surface area contributed by atoms with Crippen LogP contribution in [0.3, 0.4) is 0 Å². The number of pyridine rings is 1. The molecular formula is C21H24N6. The van der Waals surface area contributed by atoms with Gasteiger partial charge in [-0.2, -0.15) is 10.2 Å². The number of H-pyrrole nitrogens is 1. The molecule has 0 aromatic carbocycles. The van der Waals surface area contributed by atoms with E-state index in [0.29, 0.717) is 0 Å². The summed E-state index contributed by atoms with van der Waals surface area (Å²) in [6.07, 6.45) is 6.34. The summed E-state index contributed by atoms with van der Waals surface area (Å²) >= 11 is 0. The molecule has 138 valence electrons. The Labute approximate surface area is 158 Å². The standard InChI is InChI=1S/C21H24N6/c1-14-5-3-7-17-20(14)19(24-23-17)13-26-9-10-27-16(12-26)11-18(25-27)21-15(2)6-4-8-22-21/h4-6,8,11H,3,7,9-10,12-13H2,1-2H3,(H,23,24). The minimum atomic E-state index is 0.875. The van der Waals surface area contributed by atoms with Crippen molar-refractivity contribution in [1.82, 2.24) is 29.9 Å². The van der Waals surface area contributed by atoms with Gasteiger partial charge in [0.25, 0.3) is 0 Å². The molecule has 3 aromatic heterocycles. The van der Waals surface area contributed by atoms with Gasteiger partial charge in [-0.15, -0.1) is 0 Å². The second-order valence-corrected chi connectivity index (χ2v) is 7.57. The normalized spacial score (nSPS) is 16.7. The molecule has 0 radical (unpaired) electrons. The Bertz CT molecular complexity index is 1030. The summed E-state index contributed by atoms with van der Waals surface area (Å²) in [4.78, 5) is 6.98. The lowest BCUT2D eigenvalue weighted by atomic mass is 9.95. The molecular weight excluding hydrogens is 336 g/mol. The molecule has 1 aliphatic carbocycles. The van der Waals surface area contributed by atoms with Gasteiger partial charge in [0.15, 0.2) is 0 Å². The third kappa shape index (κ3) is 2.90. The summed E-state index contributed by atoms with van der Waals surface area (Å²) in [5.41, 5.74) is 9.52. The first-order valence-corrected chi connectivity index (χ1v) is 9.63. The van der Waals surface area contributed by atoms with Crippen molar-refractivity contribution in [3.8, 4) is 11.4 Å². The van der Waals surface area contributed by atoms with Crippen molar-refractivity contribution in [2.24, 2.45) is 0 Å². The van der Waals surface area contributed by atoms with Gasteiger partial charge in [-0.1, -0.05) is 12.1 Å². The highest BCUT2D eigenvalue weighted by molar-refractivity contribution is 5.69. The maximum absolute atomic E-state index is 4.79. The minimum Gasteiger partial charge on any atom is -0.290 e. The Morgan fingerprint density at radius 2 is 2.15 bits per heavy atom. The Hall–Kier alpha value is -2.73. The van der Waals surface area contributed by atoms with Crippen LogP contribution in [0.5, 0.6) is 0 Å². The quantitative estimate of drug-likeness (QED) is 0.778. The molecule has 6 heteroatoms. The number of hydrogen-bond acceptors (Lipinski definition) is 4. The monoisotopic (exact) mass is 360 g/mol. The number of aromatic amines is 1. The number of nitrogens with one attached hydrogen (secondary N) is 1. The lowest BCUT2D eigenvalue weighted by Gasteiger charge is -2.27. The van der Waals surface area contributed by atoms with Crippen LogP contribution in [0.25, 0.3) is 17.0 Å². The van der Waals surface area contributed by atoms with E-state index in [2.05, 4.69) is 56.8 Å². The van der Waals surface area contributed by atoms with Crippen molar-refractivity contribution in [3.05, 3.63) is 58.7 Å². The molecule has 0 saturated carbocycles. The van der Waals surface area contributed by atoms with Crippen molar-refractivity contribution in [2.45, 2.75) is 46.3 Å². The van der Waals surface area contributed by atoms with Crippen LogP contribution >= 0.6 is 0 Å². The molecule has 0 atom stereocenters. The average Bonchev–Trinajstić information content (AvgIpc) is 3.27. The van der Waals surface area contributed by atoms with Crippen LogP contribution in [0.15, 0.2) is 30.5 Å². The second-order valence-electron chi connectivity index (χ2n) is 7.57. The highest BCUT2D eigenvalue weighted by Gasteiger charge is 2.23. The number of aromatic nitrogens is 5. The van der Waals surface area contributed by atoms with E-state index in [1.165, 1.54) is 28.2 Å². The predicted molar refractivity (Wildman–Crippen MR) is 105 cm³/mol. The molecule has 0 unspecified atom stereocenters. The molecule has 27 heavy (non-hydrogen) atoms. The molecule has 6 nitrogen and oxygen atoms in total. The first-order chi connectivity index (χ1) is 13.2. The van der Waals surface area contributed by atoms with E-state index in [4.69, 9.17) is 5.10 Å². The summed E-state index contributed by atoms with van der Waals surface area (Å²) in [6, 6.07) is 6.24. The maximum atomic E-state index is 4.79. The van der Waals surface area contributed by atoms with Crippen molar-refractivity contribution < 1.29 is 0 Å². The lowest BCUT2D eigenvalue weighted by Crippen LogP contribution is -2.33. The summed E-state index contributed by atoms with van der Waals surface area (Å²) in [5, 5.41) is 12.7. The zero-order valence-electron chi connectivity index (χ0n) is 15.9. The summed E-state index contributed by atoms with van der Waals surface area (Å²) in [5.74, 6) is 0. The van der Waals surface area contributed by atoms with Crippen LogP contribution in [0.2, 0.25) is 0 Å². The topological polar surface area (TPSA) is 62.6 Å². The van der Waals surface area contributed by atoms with E-state index in [-0.39, 0.29) is 0 Å². The van der Waals surface area contributed by atoms with Crippen molar-refractivity contribution in [1.29, 1.82) is 0 Å². The molecule has 0 spiro atoms. The molecule has 3 aromatic rings. The number of rotatable bonds is 3. The molecule has 2 aliphatic rings. The molecule has 5 rings (SSSR count). The largest absolute Gasteiger partial charge is 0.290 e. The number of allylic oxidation sites excluding steroid dienone is 2. The summed E-state index contributed by atoms with van der Waals surface area (Å²) in [6.45, 7) is 7.94. The van der Waals surface area contributed by atoms with E-state index in [1.54, 1.807) is 0 Å². The molecule has 0 bridgehead atoms. The van der Waals surface area contributed by atoms with E-state index in [1.807, 2.05) is 12.3 Å². The van der Waals surface area contributed by atoms with Gasteiger partial charge in [-0.05, 0) is 50.0 Å². The van der Waals surface area contributed by atoms with E-state index in [9.17, 15) is 0 Å². The number of hydrogen-bond donors (Lipinski definition) is 1. The molecule has 0 amide bonds. The van der Waals surface area contributed by atoms with Gasteiger partial charge in [0.2, 0.25) is 0 Å². The fourth-order valence-corrected chi connectivity index (χ4v) is 4.25. The first-order valence-electron chi connectivity index (χ1n) is 9.63. The zero-order chi connectivity index (χ0) is 18.4. The van der Waals surface area contributed by atoms with Crippen LogP contribution < -0.4 is 0 Å². The number of fused-ring (bicyclic) bond motifs is 2. The Morgan fingerprint density at radius 3 is 3.04 bits per heavy atom. The van der Waals surface area contributed by atoms with E-state index in [0.717, 1.165) is 56.0 Å². The van der Waals surface area contributed by atoms with E-state index >= 15 is 0 Å². The summed E-state index contributed by atoms with van der Waals surface area (Å²) in [7, 11) is 0. The second kappa shape index (κ2) is 6.46. The van der Waals surface area contributed by atoms with Gasteiger partial charge in [0.05, 0.1) is 23.6 Å². The van der Waals surface area contributed by atoms with Gasteiger partial charge in [-0.25, -0.2) is 0 Å². The first kappa shape index (κ1) is 16.4. The predicted octanol–water partition coefficient (Wildman–Crippen LogP) is 3.34. The highest BCUT2D eigenvalue weighted by atomic mass is 15.3. The Kier molecular flexibility index (Phi) is 3.93. The number of nitrogens with zero attached hydrogens (tertiary/aromatic N) is 5. The Balaban J connectivity index is 1.38. The van der Waals surface area contributed by atoms with Gasteiger partial charge in [0, 0.05) is 37.1 Å². The molecule has 0 saturated heterocycles. The molecule has 4 heterocycles. The molecule has 1 aliphatic heterocycles. The van der Waals surface area contributed by atoms with Gasteiger partial charge < -0.3 is 0 Å². The van der Waals surface area contributed by atoms with E-state index < -0.39 is 0 Å². The lowest BCUT2D eigenvalue weighted by molar-refractivity contribution is 0.203. The maximum Gasteiger partial charge on any atom is 0.111 e. The van der Waals surface area contributed by atoms with Gasteiger partial charge in [-0.3, -0.25) is 19.7 Å². The third-order valence-corrected chi connectivity index (χ3v) is 5.66. The highest BCUT2D eigenvalue weighted by Crippen LogP contribution is 2.29.